The molecule has 0 saturated heterocycles. The molecule has 1 heterocycles. The molecule has 0 radical (unpaired) electrons. The summed E-state index contributed by atoms with van der Waals surface area (Å²) in [6.07, 6.45) is 8.09. The number of aryl methyl sites for hydroxylation is 1. The van der Waals surface area contributed by atoms with Gasteiger partial charge in [0.05, 0.1) is 5.83 Å². The zero-order valence-corrected chi connectivity index (χ0v) is 10.8. The Morgan fingerprint density at radius 3 is 2.88 bits per heavy atom. The van der Waals surface area contributed by atoms with Crippen LogP contribution in [0, 0.1) is 6.92 Å². The Morgan fingerprint density at radius 2 is 2.24 bits per heavy atom. The smallest absolute Gasteiger partial charge is 0.0969 e. The van der Waals surface area contributed by atoms with Gasteiger partial charge in [0.15, 0.2) is 0 Å². The molecule has 0 spiro atoms. The highest BCUT2D eigenvalue weighted by Gasteiger charge is 2.04. The summed E-state index contributed by atoms with van der Waals surface area (Å²) < 4.78 is 12.9. The summed E-state index contributed by atoms with van der Waals surface area (Å²) in [5.41, 5.74) is 3.62. The number of aromatic nitrogens is 1. The first-order valence-corrected chi connectivity index (χ1v) is 6.00. The Balaban J connectivity index is 2.47. The van der Waals surface area contributed by atoms with Crippen molar-refractivity contribution in [3.05, 3.63) is 41.0 Å². The van der Waals surface area contributed by atoms with Crippen molar-refractivity contribution in [3.63, 3.8) is 0 Å². The summed E-state index contributed by atoms with van der Waals surface area (Å²) in [6, 6.07) is 0. The number of nitrogens with one attached hydrogen (secondary N) is 2. The highest BCUT2D eigenvalue weighted by molar-refractivity contribution is 5.56. The lowest BCUT2D eigenvalue weighted by atomic mass is 10.1. The quantitative estimate of drug-likeness (QED) is 0.724. The molecule has 0 saturated carbocycles. The van der Waals surface area contributed by atoms with Gasteiger partial charge in [0, 0.05) is 31.4 Å². The van der Waals surface area contributed by atoms with E-state index >= 15 is 0 Å². The van der Waals surface area contributed by atoms with Crippen LogP contribution in [0.25, 0.3) is 6.08 Å². The van der Waals surface area contributed by atoms with Crippen LogP contribution in [0.2, 0.25) is 0 Å². The van der Waals surface area contributed by atoms with Crippen molar-refractivity contribution >= 4 is 6.08 Å². The maximum absolute atomic E-state index is 12.9. The molecule has 1 aromatic heterocycles. The molecule has 0 atom stereocenters. The molecule has 17 heavy (non-hydrogen) atoms. The Kier molecular flexibility index (Phi) is 5.70. The van der Waals surface area contributed by atoms with Gasteiger partial charge in [0.1, 0.15) is 0 Å². The van der Waals surface area contributed by atoms with Crippen LogP contribution in [0.4, 0.5) is 4.39 Å². The highest BCUT2D eigenvalue weighted by atomic mass is 19.1. The highest BCUT2D eigenvalue weighted by Crippen LogP contribution is 2.15. The monoisotopic (exact) mass is 236 g/mol. The normalized spacial score (nSPS) is 12.6. The second-order valence-electron chi connectivity index (χ2n) is 4.01. The second-order valence-corrected chi connectivity index (χ2v) is 4.01. The first-order valence-electron chi connectivity index (χ1n) is 6.00. The standard InChI is InChI=1S/C14H21FN2/c1-4-6-14-11(3)17-10-12(14)9-16-8-7-13(15)5-2/h4-6,10,16-17H,7-9H2,1-3H3/b6-4+,13-5-. The van der Waals surface area contributed by atoms with E-state index in [2.05, 4.69) is 23.3 Å². The molecule has 3 heteroatoms. The fraction of sp³-hybridized carbons (Fsp3) is 0.429. The fourth-order valence-electron chi connectivity index (χ4n) is 1.71. The van der Waals surface area contributed by atoms with Gasteiger partial charge < -0.3 is 10.3 Å². The molecule has 0 unspecified atom stereocenters. The Morgan fingerprint density at radius 1 is 1.47 bits per heavy atom. The molecule has 2 nitrogen and oxygen atoms in total. The average Bonchev–Trinajstić information content (AvgIpc) is 2.67. The molecule has 0 aliphatic carbocycles. The van der Waals surface area contributed by atoms with Crippen molar-refractivity contribution in [1.29, 1.82) is 0 Å². The van der Waals surface area contributed by atoms with Crippen LogP contribution in [0.15, 0.2) is 24.2 Å². The molecule has 94 valence electrons. The number of aromatic amines is 1. The first-order chi connectivity index (χ1) is 8.19. The van der Waals surface area contributed by atoms with Gasteiger partial charge >= 0.3 is 0 Å². The van der Waals surface area contributed by atoms with Crippen molar-refractivity contribution in [2.45, 2.75) is 33.7 Å². The van der Waals surface area contributed by atoms with Crippen molar-refractivity contribution in [3.8, 4) is 0 Å². The van der Waals surface area contributed by atoms with E-state index in [1.54, 1.807) is 6.92 Å². The lowest BCUT2D eigenvalue weighted by Gasteiger charge is -2.04. The van der Waals surface area contributed by atoms with Gasteiger partial charge in [0.2, 0.25) is 0 Å². The van der Waals surface area contributed by atoms with Gasteiger partial charge in [-0.3, -0.25) is 0 Å². The summed E-state index contributed by atoms with van der Waals surface area (Å²) in [6.45, 7) is 7.20. The van der Waals surface area contributed by atoms with Crippen LogP contribution in [0.1, 0.15) is 37.1 Å². The summed E-state index contributed by atoms with van der Waals surface area (Å²) in [5.74, 6) is -0.0589. The molecule has 1 rings (SSSR count). The van der Waals surface area contributed by atoms with E-state index in [-0.39, 0.29) is 5.83 Å². The molecule has 0 aliphatic rings. The maximum Gasteiger partial charge on any atom is 0.0969 e. The molecule has 0 aliphatic heterocycles. The van der Waals surface area contributed by atoms with E-state index in [1.807, 2.05) is 19.2 Å². The van der Waals surface area contributed by atoms with Crippen molar-refractivity contribution in [2.75, 3.05) is 6.54 Å². The third-order valence-corrected chi connectivity index (χ3v) is 2.72. The summed E-state index contributed by atoms with van der Waals surface area (Å²) in [7, 11) is 0. The van der Waals surface area contributed by atoms with Crippen LogP contribution in [-0.4, -0.2) is 11.5 Å². The third kappa shape index (κ3) is 4.19. The van der Waals surface area contributed by atoms with Gasteiger partial charge in [-0.2, -0.15) is 0 Å². The summed E-state index contributed by atoms with van der Waals surface area (Å²) >= 11 is 0. The second kappa shape index (κ2) is 7.07. The molecule has 0 fully saturated rings. The fourth-order valence-corrected chi connectivity index (χ4v) is 1.71. The molecule has 0 bridgehead atoms. The lowest BCUT2D eigenvalue weighted by Crippen LogP contribution is -2.15. The number of H-pyrrole nitrogens is 1. The lowest BCUT2D eigenvalue weighted by molar-refractivity contribution is 0.559. The summed E-state index contributed by atoms with van der Waals surface area (Å²) in [5, 5.41) is 3.24. The van der Waals surface area contributed by atoms with Gasteiger partial charge in [-0.05, 0) is 31.9 Å². The van der Waals surface area contributed by atoms with Crippen LogP contribution < -0.4 is 5.32 Å². The maximum atomic E-state index is 12.9. The minimum absolute atomic E-state index is 0.0589. The largest absolute Gasteiger partial charge is 0.364 e. The van der Waals surface area contributed by atoms with Gasteiger partial charge in [-0.1, -0.05) is 18.2 Å². The average molecular weight is 236 g/mol. The van der Waals surface area contributed by atoms with Gasteiger partial charge in [0.25, 0.3) is 0 Å². The number of halogens is 1. The molecular weight excluding hydrogens is 215 g/mol. The SMILES string of the molecule is C/C=C(\F)CCNCc1c[nH]c(C)c1/C=C/C. The van der Waals surface area contributed by atoms with E-state index < -0.39 is 0 Å². The molecular formula is C14H21FN2. The predicted octanol–water partition coefficient (Wildman–Crippen LogP) is 3.71. The zero-order valence-electron chi connectivity index (χ0n) is 10.8. The Bertz CT molecular complexity index is 402. The van der Waals surface area contributed by atoms with E-state index in [9.17, 15) is 4.39 Å². The van der Waals surface area contributed by atoms with E-state index in [1.165, 1.54) is 22.9 Å². The zero-order chi connectivity index (χ0) is 12.7. The molecule has 2 N–H and O–H groups in total. The molecule has 1 aromatic rings. The third-order valence-electron chi connectivity index (χ3n) is 2.72. The van der Waals surface area contributed by atoms with Crippen LogP contribution in [0.3, 0.4) is 0 Å². The number of allylic oxidation sites excluding steroid dienone is 2. The van der Waals surface area contributed by atoms with Crippen molar-refractivity contribution in [2.24, 2.45) is 0 Å². The number of hydrogen-bond acceptors (Lipinski definition) is 1. The Hall–Kier alpha value is -1.35. The van der Waals surface area contributed by atoms with E-state index in [0.29, 0.717) is 13.0 Å². The minimum atomic E-state index is -0.0589. The van der Waals surface area contributed by atoms with Crippen LogP contribution in [-0.2, 0) is 6.54 Å². The first kappa shape index (κ1) is 13.7. The van der Waals surface area contributed by atoms with Crippen molar-refractivity contribution in [1.82, 2.24) is 10.3 Å². The summed E-state index contributed by atoms with van der Waals surface area (Å²) in [4.78, 5) is 3.21. The van der Waals surface area contributed by atoms with E-state index in [4.69, 9.17) is 0 Å². The minimum Gasteiger partial charge on any atom is -0.364 e. The van der Waals surface area contributed by atoms with Gasteiger partial charge in [-0.15, -0.1) is 0 Å². The molecule has 0 aromatic carbocycles. The molecule has 0 amide bonds. The van der Waals surface area contributed by atoms with Crippen LogP contribution in [0.5, 0.6) is 0 Å². The topological polar surface area (TPSA) is 27.8 Å². The Labute approximate surface area is 103 Å². The van der Waals surface area contributed by atoms with Gasteiger partial charge in [-0.25, -0.2) is 4.39 Å². The van der Waals surface area contributed by atoms with Crippen molar-refractivity contribution < 1.29 is 4.39 Å². The number of rotatable bonds is 6. The predicted molar refractivity (Wildman–Crippen MR) is 71.4 cm³/mol. The number of hydrogen-bond donors (Lipinski definition) is 2. The van der Waals surface area contributed by atoms with E-state index in [0.717, 1.165) is 6.54 Å². The van der Waals surface area contributed by atoms with Crippen LogP contribution >= 0.6 is 0 Å².